The lowest BCUT2D eigenvalue weighted by Gasteiger charge is -2.09. The van der Waals surface area contributed by atoms with Gasteiger partial charge in [0.15, 0.2) is 11.7 Å². The molecule has 146 valence electrons. The third-order valence-electron chi connectivity index (χ3n) is 3.71. The maximum atomic E-state index is 13.8. The molecular formula is C19H14F4N2O2S. The number of hydrogen-bond donors (Lipinski definition) is 1. The lowest BCUT2D eigenvalue weighted by Crippen LogP contribution is -2.13. The number of alkyl halides is 2. The van der Waals surface area contributed by atoms with E-state index in [0.29, 0.717) is 11.8 Å². The van der Waals surface area contributed by atoms with Gasteiger partial charge < -0.3 is 9.73 Å². The Balaban J connectivity index is 1.63. The minimum atomic E-state index is -2.61. The van der Waals surface area contributed by atoms with E-state index >= 15 is 0 Å². The summed E-state index contributed by atoms with van der Waals surface area (Å²) < 4.78 is 58.1. The molecule has 3 rings (SSSR count). The Hall–Kier alpha value is -2.81. The summed E-state index contributed by atoms with van der Waals surface area (Å²) >= 11 is 0.335. The predicted octanol–water partition coefficient (Wildman–Crippen LogP) is 5.51. The van der Waals surface area contributed by atoms with Crippen molar-refractivity contribution in [2.24, 2.45) is 0 Å². The number of nitrogens with zero attached hydrogens (tertiary/aromatic N) is 1. The molecule has 3 aromatic rings. The van der Waals surface area contributed by atoms with Gasteiger partial charge in [0.25, 0.3) is 5.76 Å². The van der Waals surface area contributed by atoms with Crippen molar-refractivity contribution in [2.75, 3.05) is 5.32 Å². The summed E-state index contributed by atoms with van der Waals surface area (Å²) in [5.74, 6) is -4.56. The highest BCUT2D eigenvalue weighted by Gasteiger charge is 2.17. The Morgan fingerprint density at radius 3 is 2.54 bits per heavy atom. The maximum Gasteiger partial charge on any atom is 0.288 e. The number of thioether (sulfide) groups is 1. The second kappa shape index (κ2) is 8.92. The Morgan fingerprint density at radius 1 is 1.11 bits per heavy atom. The van der Waals surface area contributed by atoms with Crippen LogP contribution in [0, 0.1) is 11.6 Å². The average Bonchev–Trinajstić information content (AvgIpc) is 3.10. The number of aryl methyl sites for hydroxylation is 1. The van der Waals surface area contributed by atoms with Gasteiger partial charge in [0.1, 0.15) is 11.6 Å². The highest BCUT2D eigenvalue weighted by molar-refractivity contribution is 7.99. The van der Waals surface area contributed by atoms with Crippen LogP contribution in [-0.4, -0.2) is 16.6 Å². The van der Waals surface area contributed by atoms with Crippen molar-refractivity contribution in [1.82, 2.24) is 4.98 Å². The number of aromatic nitrogens is 1. The third-order valence-corrected chi connectivity index (χ3v) is 4.49. The van der Waals surface area contributed by atoms with E-state index in [1.165, 1.54) is 24.4 Å². The molecule has 1 amide bonds. The van der Waals surface area contributed by atoms with Gasteiger partial charge in [-0.05, 0) is 24.3 Å². The first kappa shape index (κ1) is 19.9. The van der Waals surface area contributed by atoms with Gasteiger partial charge in [0, 0.05) is 17.7 Å². The third kappa shape index (κ3) is 4.92. The number of hydrogen-bond acceptors (Lipinski definition) is 4. The van der Waals surface area contributed by atoms with Crippen molar-refractivity contribution in [3.63, 3.8) is 0 Å². The summed E-state index contributed by atoms with van der Waals surface area (Å²) in [6.45, 7) is 0. The molecule has 0 atom stereocenters. The van der Waals surface area contributed by atoms with Crippen LogP contribution < -0.4 is 5.32 Å². The largest absolute Gasteiger partial charge is 0.441 e. The van der Waals surface area contributed by atoms with E-state index in [2.05, 4.69) is 10.3 Å². The molecule has 0 aliphatic carbocycles. The standard InChI is InChI=1S/C19H14F4N2O2S/c20-11-4-3-5-12(21)18(11)14-10-24-17(27-14)9-8-16(26)25-13-6-1-2-7-15(13)28-19(22)23/h1-7,10,19H,8-9H2,(H,25,26). The summed E-state index contributed by atoms with van der Waals surface area (Å²) in [5.41, 5.74) is -0.0528. The molecule has 28 heavy (non-hydrogen) atoms. The second-order valence-electron chi connectivity index (χ2n) is 5.64. The number of para-hydroxylation sites is 1. The zero-order chi connectivity index (χ0) is 20.1. The van der Waals surface area contributed by atoms with Crippen molar-refractivity contribution in [3.8, 4) is 11.3 Å². The molecule has 0 bridgehead atoms. The molecule has 4 nitrogen and oxygen atoms in total. The van der Waals surface area contributed by atoms with Crippen LogP contribution in [0.25, 0.3) is 11.3 Å². The normalized spacial score (nSPS) is 11.0. The molecule has 1 heterocycles. The van der Waals surface area contributed by atoms with Crippen molar-refractivity contribution >= 4 is 23.4 Å². The van der Waals surface area contributed by atoms with Crippen molar-refractivity contribution in [2.45, 2.75) is 23.5 Å². The molecule has 1 N–H and O–H groups in total. The fraction of sp³-hybridized carbons (Fsp3) is 0.158. The zero-order valence-corrected chi connectivity index (χ0v) is 15.1. The van der Waals surface area contributed by atoms with Crippen LogP contribution >= 0.6 is 11.8 Å². The lowest BCUT2D eigenvalue weighted by atomic mass is 10.1. The fourth-order valence-corrected chi connectivity index (χ4v) is 3.07. The molecule has 0 spiro atoms. The topological polar surface area (TPSA) is 55.1 Å². The number of amides is 1. The number of benzene rings is 2. The molecular weight excluding hydrogens is 396 g/mol. The minimum Gasteiger partial charge on any atom is -0.441 e. The number of nitrogens with one attached hydrogen (secondary N) is 1. The van der Waals surface area contributed by atoms with Gasteiger partial charge in [-0.2, -0.15) is 8.78 Å². The first-order valence-corrected chi connectivity index (χ1v) is 9.05. The van der Waals surface area contributed by atoms with Gasteiger partial charge in [0.05, 0.1) is 17.4 Å². The molecule has 1 aromatic heterocycles. The number of carbonyl (C=O) groups is 1. The molecule has 9 heteroatoms. The lowest BCUT2D eigenvalue weighted by molar-refractivity contribution is -0.116. The molecule has 0 saturated carbocycles. The van der Waals surface area contributed by atoms with Crippen LogP contribution in [0.3, 0.4) is 0 Å². The molecule has 0 fully saturated rings. The second-order valence-corrected chi connectivity index (χ2v) is 6.67. The molecule has 2 aromatic carbocycles. The van der Waals surface area contributed by atoms with Crippen LogP contribution in [0.1, 0.15) is 12.3 Å². The predicted molar refractivity (Wildman–Crippen MR) is 97.1 cm³/mol. The quantitative estimate of drug-likeness (QED) is 0.412. The molecule has 0 aliphatic rings. The van der Waals surface area contributed by atoms with Crippen molar-refractivity contribution < 1.29 is 26.8 Å². The smallest absolute Gasteiger partial charge is 0.288 e. The summed E-state index contributed by atoms with van der Waals surface area (Å²) in [5, 5.41) is 2.56. The van der Waals surface area contributed by atoms with Crippen LogP contribution in [-0.2, 0) is 11.2 Å². The average molecular weight is 410 g/mol. The van der Waals surface area contributed by atoms with E-state index < -0.39 is 23.3 Å². The van der Waals surface area contributed by atoms with E-state index in [-0.39, 0.29) is 40.6 Å². The number of rotatable bonds is 7. The Kier molecular flexibility index (Phi) is 6.35. The van der Waals surface area contributed by atoms with E-state index in [1.54, 1.807) is 12.1 Å². The fourth-order valence-electron chi connectivity index (χ4n) is 2.48. The van der Waals surface area contributed by atoms with Crippen LogP contribution in [0.5, 0.6) is 0 Å². The van der Waals surface area contributed by atoms with Crippen molar-refractivity contribution in [1.29, 1.82) is 0 Å². The van der Waals surface area contributed by atoms with Gasteiger partial charge in [-0.25, -0.2) is 13.8 Å². The SMILES string of the molecule is O=C(CCc1ncc(-c2c(F)cccc2F)o1)Nc1ccccc1SC(F)F. The first-order chi connectivity index (χ1) is 13.4. The highest BCUT2D eigenvalue weighted by Crippen LogP contribution is 2.32. The summed E-state index contributed by atoms with van der Waals surface area (Å²) in [6, 6.07) is 9.65. The van der Waals surface area contributed by atoms with Gasteiger partial charge in [0.2, 0.25) is 5.91 Å². The molecule has 0 aliphatic heterocycles. The summed E-state index contributed by atoms with van der Waals surface area (Å²) in [4.78, 5) is 16.3. The first-order valence-electron chi connectivity index (χ1n) is 8.17. The van der Waals surface area contributed by atoms with E-state index in [1.807, 2.05) is 0 Å². The Labute approximate surface area is 162 Å². The summed E-state index contributed by atoms with van der Waals surface area (Å²) in [6.07, 6.45) is 1.21. The van der Waals surface area contributed by atoms with Crippen LogP contribution in [0.4, 0.5) is 23.2 Å². The number of carbonyl (C=O) groups excluding carboxylic acids is 1. The van der Waals surface area contributed by atoms with E-state index in [4.69, 9.17) is 4.42 Å². The number of oxazole rings is 1. The van der Waals surface area contributed by atoms with E-state index in [0.717, 1.165) is 12.1 Å². The van der Waals surface area contributed by atoms with Crippen LogP contribution in [0.2, 0.25) is 0 Å². The molecule has 0 saturated heterocycles. The molecule has 0 radical (unpaired) electrons. The molecule has 0 unspecified atom stereocenters. The minimum absolute atomic E-state index is 0.0482. The highest BCUT2D eigenvalue weighted by atomic mass is 32.2. The van der Waals surface area contributed by atoms with Gasteiger partial charge >= 0.3 is 0 Å². The van der Waals surface area contributed by atoms with Gasteiger partial charge in [-0.3, -0.25) is 4.79 Å². The van der Waals surface area contributed by atoms with Crippen molar-refractivity contribution in [3.05, 3.63) is 66.2 Å². The Bertz CT molecular complexity index is 958. The number of anilines is 1. The summed E-state index contributed by atoms with van der Waals surface area (Å²) in [7, 11) is 0. The monoisotopic (exact) mass is 410 g/mol. The van der Waals surface area contributed by atoms with E-state index in [9.17, 15) is 22.4 Å². The Morgan fingerprint density at radius 2 is 1.82 bits per heavy atom. The van der Waals surface area contributed by atoms with Gasteiger partial charge in [-0.1, -0.05) is 30.0 Å². The van der Waals surface area contributed by atoms with Gasteiger partial charge in [-0.15, -0.1) is 0 Å². The maximum absolute atomic E-state index is 13.8. The number of halogens is 4. The zero-order valence-electron chi connectivity index (χ0n) is 14.3. The van der Waals surface area contributed by atoms with Crippen LogP contribution in [0.15, 0.2) is 58.0 Å².